The first-order chi connectivity index (χ1) is 13.7. The number of para-hydroxylation sites is 3. The lowest BCUT2D eigenvalue weighted by Gasteiger charge is -2.23. The number of ether oxygens (including phenoxy) is 2. The number of hydrogen-bond acceptors (Lipinski definition) is 5. The van der Waals surface area contributed by atoms with Crippen LogP contribution in [-0.2, 0) is 11.3 Å². The highest BCUT2D eigenvalue weighted by atomic mass is 16.6. The maximum Gasteiger partial charge on any atom is 0.308 e. The molecule has 0 bridgehead atoms. The Hall–Kier alpha value is -3.35. The van der Waals surface area contributed by atoms with E-state index in [1.165, 1.54) is 0 Å². The number of aromatic nitrogens is 1. The van der Waals surface area contributed by atoms with Gasteiger partial charge in [-0.2, -0.15) is 0 Å². The summed E-state index contributed by atoms with van der Waals surface area (Å²) in [5, 5.41) is 19.2. The van der Waals surface area contributed by atoms with Crippen molar-refractivity contribution in [2.24, 2.45) is 10.2 Å². The maximum absolute atomic E-state index is 12.5. The van der Waals surface area contributed by atoms with Crippen LogP contribution in [0.2, 0.25) is 0 Å². The van der Waals surface area contributed by atoms with E-state index in [2.05, 4.69) is 17.2 Å². The Morgan fingerprint density at radius 3 is 2.75 bits per heavy atom. The highest BCUT2D eigenvalue weighted by molar-refractivity contribution is 5.95. The van der Waals surface area contributed by atoms with Crippen molar-refractivity contribution in [3.8, 4) is 17.4 Å². The molecule has 1 aliphatic heterocycles. The fourth-order valence-electron chi connectivity index (χ4n) is 3.22. The molecular formula is C21H21N3O4. The molecule has 0 fully saturated rings. The highest BCUT2D eigenvalue weighted by Crippen LogP contribution is 2.39. The molecule has 1 atom stereocenters. The lowest BCUT2D eigenvalue weighted by Crippen LogP contribution is -2.35. The van der Waals surface area contributed by atoms with E-state index in [1.807, 2.05) is 30.3 Å². The van der Waals surface area contributed by atoms with Gasteiger partial charge in [0.05, 0.1) is 5.52 Å². The Balaban J connectivity index is 1.59. The van der Waals surface area contributed by atoms with E-state index in [0.717, 1.165) is 23.7 Å². The van der Waals surface area contributed by atoms with Crippen LogP contribution in [0, 0.1) is 0 Å². The predicted molar refractivity (Wildman–Crippen MR) is 104 cm³/mol. The summed E-state index contributed by atoms with van der Waals surface area (Å²) in [4.78, 5) is 12.5. The fraction of sp³-hybridized carbons (Fsp3) is 0.286. The molecule has 0 saturated carbocycles. The number of nitrogens with zero attached hydrogens (tertiary/aromatic N) is 3. The average Bonchev–Trinajstić information content (AvgIpc) is 3.00. The zero-order valence-corrected chi connectivity index (χ0v) is 15.5. The largest absolute Gasteiger partial charge is 0.493 e. The van der Waals surface area contributed by atoms with Gasteiger partial charge in [0.15, 0.2) is 17.2 Å². The lowest BCUT2D eigenvalue weighted by molar-refractivity contribution is -0.127. The molecule has 2 heterocycles. The zero-order valence-electron chi connectivity index (χ0n) is 15.5. The standard InChI is InChI=1S/C21H21N3O4/c1-2-3-12-24-15-9-5-4-8-14(15)19(21(24)26)22-23-20(25)18-13-27-16-10-6-7-11-17(16)28-18/h4-11,18,26H,2-3,12-13H2,1H3. The number of azo groups is 1. The number of carbonyl (C=O) groups is 1. The van der Waals surface area contributed by atoms with Crippen LogP contribution in [0.4, 0.5) is 5.69 Å². The van der Waals surface area contributed by atoms with Crippen LogP contribution in [0.25, 0.3) is 10.9 Å². The summed E-state index contributed by atoms with van der Waals surface area (Å²) < 4.78 is 13.0. The Labute approximate surface area is 162 Å². The van der Waals surface area contributed by atoms with Gasteiger partial charge in [-0.3, -0.25) is 4.79 Å². The molecule has 1 unspecified atom stereocenters. The van der Waals surface area contributed by atoms with Gasteiger partial charge in [0.2, 0.25) is 12.0 Å². The SMILES string of the molecule is CCCCn1c(O)c(N=NC(=O)C2COc3ccccc3O2)c2ccccc21. The number of amides is 1. The molecule has 7 heteroatoms. The molecular weight excluding hydrogens is 358 g/mol. The first kappa shape index (κ1) is 18.0. The van der Waals surface area contributed by atoms with Crippen molar-refractivity contribution in [1.82, 2.24) is 4.57 Å². The van der Waals surface area contributed by atoms with Crippen molar-refractivity contribution >= 4 is 22.5 Å². The van der Waals surface area contributed by atoms with Crippen LogP contribution in [0.5, 0.6) is 17.4 Å². The summed E-state index contributed by atoms with van der Waals surface area (Å²) in [5.74, 6) is 0.554. The molecule has 0 saturated heterocycles. The van der Waals surface area contributed by atoms with Crippen molar-refractivity contribution in [3.63, 3.8) is 0 Å². The summed E-state index contributed by atoms with van der Waals surface area (Å²) in [5.41, 5.74) is 1.15. The number of hydrogen-bond donors (Lipinski definition) is 1. The second kappa shape index (κ2) is 7.72. The minimum atomic E-state index is -0.866. The normalized spacial score (nSPS) is 16.0. The lowest BCUT2D eigenvalue weighted by atomic mass is 10.2. The molecule has 1 N–H and O–H groups in total. The first-order valence-electron chi connectivity index (χ1n) is 9.33. The number of benzene rings is 2. The molecule has 0 radical (unpaired) electrons. The van der Waals surface area contributed by atoms with E-state index in [1.54, 1.807) is 22.8 Å². The minimum absolute atomic E-state index is 0.0114. The van der Waals surface area contributed by atoms with Crippen molar-refractivity contribution in [1.29, 1.82) is 0 Å². The van der Waals surface area contributed by atoms with E-state index >= 15 is 0 Å². The van der Waals surface area contributed by atoms with Crippen molar-refractivity contribution in [2.45, 2.75) is 32.4 Å². The molecule has 1 amide bonds. The smallest absolute Gasteiger partial charge is 0.308 e. The van der Waals surface area contributed by atoms with Crippen LogP contribution in [-0.4, -0.2) is 28.3 Å². The second-order valence-electron chi connectivity index (χ2n) is 6.60. The number of fused-ring (bicyclic) bond motifs is 2. The summed E-state index contributed by atoms with van der Waals surface area (Å²) >= 11 is 0. The highest BCUT2D eigenvalue weighted by Gasteiger charge is 2.27. The van der Waals surface area contributed by atoms with Gasteiger partial charge in [0.1, 0.15) is 6.61 Å². The second-order valence-corrected chi connectivity index (χ2v) is 6.60. The van der Waals surface area contributed by atoms with Gasteiger partial charge in [-0.05, 0) is 24.6 Å². The van der Waals surface area contributed by atoms with Crippen LogP contribution in [0.15, 0.2) is 58.8 Å². The molecule has 7 nitrogen and oxygen atoms in total. The monoisotopic (exact) mass is 379 g/mol. The van der Waals surface area contributed by atoms with E-state index in [-0.39, 0.29) is 18.2 Å². The van der Waals surface area contributed by atoms with Crippen molar-refractivity contribution < 1.29 is 19.4 Å². The topological polar surface area (TPSA) is 85.4 Å². The van der Waals surface area contributed by atoms with Crippen LogP contribution < -0.4 is 9.47 Å². The van der Waals surface area contributed by atoms with E-state index < -0.39 is 12.0 Å². The molecule has 3 aromatic rings. The van der Waals surface area contributed by atoms with Gasteiger partial charge >= 0.3 is 5.91 Å². The Morgan fingerprint density at radius 1 is 1.18 bits per heavy atom. The minimum Gasteiger partial charge on any atom is -0.493 e. The number of rotatable bonds is 5. The number of unbranched alkanes of at least 4 members (excludes halogenated alkanes) is 1. The van der Waals surface area contributed by atoms with Gasteiger partial charge in [-0.15, -0.1) is 10.2 Å². The maximum atomic E-state index is 12.5. The summed E-state index contributed by atoms with van der Waals surface area (Å²) in [6.07, 6.45) is 1.06. The first-order valence-corrected chi connectivity index (χ1v) is 9.33. The molecule has 28 heavy (non-hydrogen) atoms. The van der Waals surface area contributed by atoms with E-state index in [9.17, 15) is 9.90 Å². The molecule has 0 spiro atoms. The third-order valence-electron chi connectivity index (χ3n) is 4.69. The Morgan fingerprint density at radius 2 is 1.93 bits per heavy atom. The quantitative estimate of drug-likeness (QED) is 0.657. The number of carbonyl (C=O) groups excluding carboxylic acids is 1. The molecule has 1 aromatic heterocycles. The van der Waals surface area contributed by atoms with Crippen molar-refractivity contribution in [2.75, 3.05) is 6.61 Å². The summed E-state index contributed by atoms with van der Waals surface area (Å²) in [6.45, 7) is 2.83. The van der Waals surface area contributed by atoms with Crippen LogP contribution in [0.3, 0.4) is 0 Å². The van der Waals surface area contributed by atoms with Gasteiger partial charge in [-0.25, -0.2) is 0 Å². The summed E-state index contributed by atoms with van der Waals surface area (Å²) in [6, 6.07) is 14.7. The Kier molecular flexibility index (Phi) is 4.97. The Bertz CT molecular complexity index is 1040. The van der Waals surface area contributed by atoms with Crippen LogP contribution in [0.1, 0.15) is 19.8 Å². The van der Waals surface area contributed by atoms with E-state index in [0.29, 0.717) is 18.0 Å². The van der Waals surface area contributed by atoms with Gasteiger partial charge < -0.3 is 19.1 Å². The fourth-order valence-corrected chi connectivity index (χ4v) is 3.22. The zero-order chi connectivity index (χ0) is 19.5. The summed E-state index contributed by atoms with van der Waals surface area (Å²) in [7, 11) is 0. The van der Waals surface area contributed by atoms with E-state index in [4.69, 9.17) is 9.47 Å². The molecule has 4 rings (SSSR count). The molecule has 0 aliphatic carbocycles. The van der Waals surface area contributed by atoms with Crippen LogP contribution >= 0.6 is 0 Å². The molecule has 2 aromatic carbocycles. The predicted octanol–water partition coefficient (Wildman–Crippen LogP) is 4.60. The average molecular weight is 379 g/mol. The van der Waals surface area contributed by atoms with Gasteiger partial charge in [0, 0.05) is 11.9 Å². The van der Waals surface area contributed by atoms with Crippen molar-refractivity contribution in [3.05, 3.63) is 48.5 Å². The molecule has 144 valence electrons. The van der Waals surface area contributed by atoms with Gasteiger partial charge in [0.25, 0.3) is 0 Å². The third-order valence-corrected chi connectivity index (χ3v) is 4.69. The number of aromatic hydroxyl groups is 1. The molecule has 1 aliphatic rings. The third kappa shape index (κ3) is 3.31. The van der Waals surface area contributed by atoms with Gasteiger partial charge in [-0.1, -0.05) is 43.7 Å². The number of aryl methyl sites for hydroxylation is 1.